The van der Waals surface area contributed by atoms with Crippen molar-refractivity contribution in [3.63, 3.8) is 0 Å². The number of hydrogen-bond acceptors (Lipinski definition) is 5. The Balaban J connectivity index is 1.79. The van der Waals surface area contributed by atoms with Crippen LogP contribution in [0.1, 0.15) is 19.3 Å². The molecule has 3 rings (SSSR count). The Labute approximate surface area is 117 Å². The lowest BCUT2D eigenvalue weighted by atomic mass is 9.89. The zero-order chi connectivity index (χ0) is 13.2. The second kappa shape index (κ2) is 5.61. The first-order chi connectivity index (χ1) is 9.25. The summed E-state index contributed by atoms with van der Waals surface area (Å²) in [5, 5.41) is 10.7. The van der Waals surface area contributed by atoms with Crippen molar-refractivity contribution in [1.29, 1.82) is 0 Å². The molecule has 0 radical (unpaired) electrons. The van der Waals surface area contributed by atoms with Gasteiger partial charge in [0.2, 0.25) is 5.95 Å². The number of ether oxygens (including phenoxy) is 1. The summed E-state index contributed by atoms with van der Waals surface area (Å²) in [5.74, 6) is 0.847. The first-order valence-corrected chi connectivity index (χ1v) is 7.13. The van der Waals surface area contributed by atoms with Gasteiger partial charge in [-0.15, -0.1) is 0 Å². The van der Waals surface area contributed by atoms with Gasteiger partial charge < -0.3 is 14.7 Å². The van der Waals surface area contributed by atoms with Crippen LogP contribution >= 0.6 is 11.6 Å². The van der Waals surface area contributed by atoms with Gasteiger partial charge in [-0.1, -0.05) is 11.6 Å². The van der Waals surface area contributed by atoms with Gasteiger partial charge in [-0.2, -0.15) is 0 Å². The highest BCUT2D eigenvalue weighted by Crippen LogP contribution is 2.32. The van der Waals surface area contributed by atoms with Gasteiger partial charge >= 0.3 is 0 Å². The van der Waals surface area contributed by atoms with Crippen LogP contribution in [0.25, 0.3) is 0 Å². The molecular formula is C13H18ClN3O2. The molecule has 5 nitrogen and oxygen atoms in total. The minimum absolute atomic E-state index is 0.149. The highest BCUT2D eigenvalue weighted by atomic mass is 35.5. The van der Waals surface area contributed by atoms with Gasteiger partial charge in [0.25, 0.3) is 0 Å². The smallest absolute Gasteiger partial charge is 0.225 e. The minimum atomic E-state index is -0.286. The average Bonchev–Trinajstić information content (AvgIpc) is 2.89. The van der Waals surface area contributed by atoms with Crippen LogP contribution in [0.15, 0.2) is 12.4 Å². The lowest BCUT2D eigenvalue weighted by Gasteiger charge is -2.36. The first kappa shape index (κ1) is 13.1. The third kappa shape index (κ3) is 2.68. The molecule has 1 N–H and O–H groups in total. The minimum Gasteiger partial charge on any atom is -0.393 e. The van der Waals surface area contributed by atoms with E-state index in [1.807, 2.05) is 0 Å². The molecule has 1 aromatic heterocycles. The van der Waals surface area contributed by atoms with Crippen molar-refractivity contribution in [2.24, 2.45) is 5.92 Å². The van der Waals surface area contributed by atoms with Crippen molar-refractivity contribution < 1.29 is 9.84 Å². The number of rotatable bonds is 2. The van der Waals surface area contributed by atoms with Crippen LogP contribution in [0.2, 0.25) is 5.02 Å². The van der Waals surface area contributed by atoms with Crippen LogP contribution in [0.3, 0.4) is 0 Å². The summed E-state index contributed by atoms with van der Waals surface area (Å²) in [4.78, 5) is 10.8. The van der Waals surface area contributed by atoms with Gasteiger partial charge in [-0.25, -0.2) is 9.97 Å². The summed E-state index contributed by atoms with van der Waals surface area (Å²) in [7, 11) is 0. The Bertz CT molecular complexity index is 428. The molecule has 2 saturated heterocycles. The fraction of sp³-hybridized carbons (Fsp3) is 0.692. The van der Waals surface area contributed by atoms with Crippen LogP contribution in [0, 0.1) is 5.92 Å². The largest absolute Gasteiger partial charge is 0.393 e. The number of anilines is 1. The SMILES string of the molecule is O[C@@H]1CCOC[C@H]1[C@@H]1CCCN1c1ncc(Cl)cn1. The highest BCUT2D eigenvalue weighted by molar-refractivity contribution is 6.30. The van der Waals surface area contributed by atoms with Gasteiger partial charge in [0.15, 0.2) is 0 Å². The van der Waals surface area contributed by atoms with E-state index in [4.69, 9.17) is 16.3 Å². The van der Waals surface area contributed by atoms with E-state index in [2.05, 4.69) is 14.9 Å². The summed E-state index contributed by atoms with van der Waals surface area (Å²) in [6, 6.07) is 0.261. The molecular weight excluding hydrogens is 266 g/mol. The Kier molecular flexibility index (Phi) is 3.86. The molecule has 2 aliphatic heterocycles. The molecule has 104 valence electrons. The maximum absolute atomic E-state index is 10.2. The predicted molar refractivity (Wildman–Crippen MR) is 72.3 cm³/mol. The van der Waals surface area contributed by atoms with Gasteiger partial charge in [0, 0.05) is 25.1 Å². The maximum Gasteiger partial charge on any atom is 0.225 e. The lowest BCUT2D eigenvalue weighted by Crippen LogP contribution is -2.46. The fourth-order valence-corrected chi connectivity index (χ4v) is 3.15. The van der Waals surface area contributed by atoms with E-state index in [1.165, 1.54) is 0 Å². The maximum atomic E-state index is 10.2. The summed E-state index contributed by atoms with van der Waals surface area (Å²) < 4.78 is 5.52. The van der Waals surface area contributed by atoms with Gasteiger partial charge in [0.1, 0.15) is 0 Å². The van der Waals surface area contributed by atoms with Crippen LogP contribution in [0.5, 0.6) is 0 Å². The van der Waals surface area contributed by atoms with Gasteiger partial charge in [-0.3, -0.25) is 0 Å². The standard InChI is InChI=1S/C13H18ClN3O2/c14-9-6-15-13(16-7-9)17-4-1-2-11(17)10-8-19-5-3-12(10)18/h6-7,10-12,18H,1-5,8H2/t10-,11-,12+/m0/s1. The highest BCUT2D eigenvalue weighted by Gasteiger charge is 2.38. The molecule has 2 aliphatic rings. The number of aliphatic hydroxyl groups excluding tert-OH is 1. The molecule has 2 fully saturated rings. The second-order valence-corrected chi connectivity index (χ2v) is 5.64. The molecule has 0 aliphatic carbocycles. The van der Waals surface area contributed by atoms with E-state index >= 15 is 0 Å². The molecule has 0 unspecified atom stereocenters. The molecule has 19 heavy (non-hydrogen) atoms. The van der Waals surface area contributed by atoms with E-state index in [9.17, 15) is 5.11 Å². The number of aliphatic hydroxyl groups is 1. The van der Waals surface area contributed by atoms with E-state index in [-0.39, 0.29) is 18.1 Å². The zero-order valence-electron chi connectivity index (χ0n) is 10.7. The molecule has 0 spiro atoms. The molecule has 3 atom stereocenters. The Morgan fingerprint density at radius 2 is 2.11 bits per heavy atom. The van der Waals surface area contributed by atoms with Crippen LogP contribution in [0.4, 0.5) is 5.95 Å². The quantitative estimate of drug-likeness (QED) is 0.891. The monoisotopic (exact) mass is 283 g/mol. The summed E-state index contributed by atoms with van der Waals surface area (Å²) in [6.45, 7) is 2.20. The Morgan fingerprint density at radius 3 is 2.84 bits per heavy atom. The van der Waals surface area contributed by atoms with Crippen molar-refractivity contribution in [2.75, 3.05) is 24.7 Å². The normalized spacial score (nSPS) is 31.7. The number of aromatic nitrogens is 2. The van der Waals surface area contributed by atoms with Crippen molar-refractivity contribution in [3.05, 3.63) is 17.4 Å². The molecule has 0 bridgehead atoms. The molecule has 1 aromatic rings. The van der Waals surface area contributed by atoms with Crippen molar-refractivity contribution in [1.82, 2.24) is 9.97 Å². The molecule has 3 heterocycles. The average molecular weight is 284 g/mol. The van der Waals surface area contributed by atoms with E-state index in [0.29, 0.717) is 24.2 Å². The number of halogens is 1. The Hall–Kier alpha value is -0.910. The van der Waals surface area contributed by atoms with Crippen LogP contribution in [-0.4, -0.2) is 47.0 Å². The number of hydrogen-bond donors (Lipinski definition) is 1. The molecule has 6 heteroatoms. The summed E-state index contributed by atoms with van der Waals surface area (Å²) in [6.07, 6.45) is 5.82. The summed E-state index contributed by atoms with van der Waals surface area (Å²) in [5.41, 5.74) is 0. The first-order valence-electron chi connectivity index (χ1n) is 6.75. The van der Waals surface area contributed by atoms with E-state index < -0.39 is 0 Å². The van der Waals surface area contributed by atoms with Gasteiger partial charge in [-0.05, 0) is 19.3 Å². The van der Waals surface area contributed by atoms with E-state index in [0.717, 1.165) is 25.8 Å². The van der Waals surface area contributed by atoms with Crippen LogP contribution < -0.4 is 4.90 Å². The zero-order valence-corrected chi connectivity index (χ0v) is 11.5. The van der Waals surface area contributed by atoms with Crippen LogP contribution in [-0.2, 0) is 4.74 Å². The third-order valence-corrected chi connectivity index (χ3v) is 4.21. The third-order valence-electron chi connectivity index (χ3n) is 4.02. The van der Waals surface area contributed by atoms with Crippen molar-refractivity contribution in [3.8, 4) is 0 Å². The molecule has 0 amide bonds. The second-order valence-electron chi connectivity index (χ2n) is 5.20. The topological polar surface area (TPSA) is 58.5 Å². The Morgan fingerprint density at radius 1 is 1.32 bits per heavy atom. The molecule has 0 saturated carbocycles. The summed E-state index contributed by atoms with van der Waals surface area (Å²) >= 11 is 5.82. The van der Waals surface area contributed by atoms with Crippen molar-refractivity contribution in [2.45, 2.75) is 31.4 Å². The number of nitrogens with zero attached hydrogens (tertiary/aromatic N) is 3. The lowest BCUT2D eigenvalue weighted by molar-refractivity contribution is -0.0438. The van der Waals surface area contributed by atoms with E-state index in [1.54, 1.807) is 12.4 Å². The fourth-order valence-electron chi connectivity index (χ4n) is 3.06. The molecule has 0 aromatic carbocycles. The van der Waals surface area contributed by atoms with Gasteiger partial charge in [0.05, 0.1) is 30.1 Å². The van der Waals surface area contributed by atoms with Crippen molar-refractivity contribution >= 4 is 17.5 Å². The predicted octanol–water partition coefficient (Wildman–Crippen LogP) is 1.50.